The van der Waals surface area contributed by atoms with Crippen molar-refractivity contribution in [2.45, 2.75) is 23.5 Å². The fourth-order valence-electron chi connectivity index (χ4n) is 3.42. The van der Waals surface area contributed by atoms with Crippen LogP contribution in [-0.2, 0) is 21.4 Å². The summed E-state index contributed by atoms with van der Waals surface area (Å²) in [6.07, 6.45) is 1.58. The molecule has 12 heteroatoms. The molecule has 1 aliphatic rings. The van der Waals surface area contributed by atoms with Crippen molar-refractivity contribution < 1.29 is 17.6 Å². The predicted molar refractivity (Wildman–Crippen MR) is 121 cm³/mol. The number of rotatable bonds is 7. The summed E-state index contributed by atoms with van der Waals surface area (Å²) in [5.41, 5.74) is 0. The van der Waals surface area contributed by atoms with Crippen LogP contribution in [0.5, 0.6) is 0 Å². The van der Waals surface area contributed by atoms with Gasteiger partial charge in [0.2, 0.25) is 15.9 Å². The van der Waals surface area contributed by atoms with Crippen LogP contribution in [0, 0.1) is 0 Å². The first-order valence-corrected chi connectivity index (χ1v) is 12.8. The molecule has 0 radical (unpaired) electrons. The number of thioether (sulfide) groups is 1. The number of nitrogens with zero attached hydrogens (tertiary/aromatic N) is 5. The van der Waals surface area contributed by atoms with Gasteiger partial charge in [-0.25, -0.2) is 8.42 Å². The number of furan rings is 1. The number of piperazine rings is 1. The number of aromatic nitrogens is 3. The van der Waals surface area contributed by atoms with Gasteiger partial charge in [-0.1, -0.05) is 23.4 Å². The fourth-order valence-corrected chi connectivity index (χ4v) is 5.87. The van der Waals surface area contributed by atoms with Crippen LogP contribution in [0.15, 0.2) is 57.1 Å². The molecule has 2 aromatic heterocycles. The molecule has 3 aromatic rings. The summed E-state index contributed by atoms with van der Waals surface area (Å²) in [6.45, 7) is 3.78. The minimum absolute atomic E-state index is 0.0660. The lowest BCUT2D eigenvalue weighted by molar-refractivity contribution is -0.129. The molecule has 1 aromatic carbocycles. The van der Waals surface area contributed by atoms with E-state index in [1.807, 2.05) is 17.6 Å². The van der Waals surface area contributed by atoms with Crippen molar-refractivity contribution in [3.05, 3.63) is 47.7 Å². The average molecular weight is 496 g/mol. The number of carbonyl (C=O) groups excluding carboxylic acids is 1. The van der Waals surface area contributed by atoms with Gasteiger partial charge in [0, 0.05) is 37.7 Å². The minimum atomic E-state index is -3.61. The maximum atomic E-state index is 12.8. The van der Waals surface area contributed by atoms with Crippen LogP contribution in [0.25, 0.3) is 11.6 Å². The first-order chi connectivity index (χ1) is 15.4. The molecule has 170 valence electrons. The molecule has 1 amide bonds. The molecule has 4 rings (SSSR count). The number of amides is 1. The fraction of sp³-hybridized carbons (Fsp3) is 0.350. The topological polar surface area (TPSA) is 102 Å². The normalized spacial score (nSPS) is 15.2. The molecule has 3 heterocycles. The Morgan fingerprint density at radius 2 is 1.84 bits per heavy atom. The van der Waals surface area contributed by atoms with Crippen molar-refractivity contribution in [2.24, 2.45) is 0 Å². The molecule has 0 unspecified atom stereocenters. The van der Waals surface area contributed by atoms with Gasteiger partial charge in [-0.05, 0) is 43.3 Å². The van der Waals surface area contributed by atoms with Crippen LogP contribution >= 0.6 is 23.4 Å². The maximum Gasteiger partial charge on any atom is 0.243 e. The molecule has 0 saturated carbocycles. The highest BCUT2D eigenvalue weighted by molar-refractivity contribution is 7.99. The van der Waals surface area contributed by atoms with E-state index in [1.165, 1.54) is 28.2 Å². The Bertz CT molecular complexity index is 1170. The van der Waals surface area contributed by atoms with Gasteiger partial charge >= 0.3 is 0 Å². The third kappa shape index (κ3) is 4.70. The summed E-state index contributed by atoms with van der Waals surface area (Å²) in [5.74, 6) is 1.37. The standard InChI is InChI=1S/C20H22ClN5O4S2/c1-2-26-19(17-4-3-13-30-17)22-23-20(26)31-14-18(27)24-9-11-25(12-10-24)32(28,29)16-7-5-15(21)6-8-16/h3-8,13H,2,9-12,14H2,1H3. The lowest BCUT2D eigenvalue weighted by Crippen LogP contribution is -2.50. The predicted octanol–water partition coefficient (Wildman–Crippen LogP) is 2.84. The molecule has 0 N–H and O–H groups in total. The quantitative estimate of drug-likeness (QED) is 0.464. The van der Waals surface area contributed by atoms with E-state index in [-0.39, 0.29) is 29.6 Å². The van der Waals surface area contributed by atoms with E-state index >= 15 is 0 Å². The Morgan fingerprint density at radius 1 is 1.12 bits per heavy atom. The SMILES string of the molecule is CCn1c(SCC(=O)N2CCN(S(=O)(=O)c3ccc(Cl)cc3)CC2)nnc1-c1ccco1. The summed E-state index contributed by atoms with van der Waals surface area (Å²) in [5, 5.41) is 9.49. The Kier molecular flexibility index (Phi) is 6.89. The Hall–Kier alpha value is -2.34. The molecule has 1 saturated heterocycles. The Morgan fingerprint density at radius 3 is 2.47 bits per heavy atom. The van der Waals surface area contributed by atoms with Crippen LogP contribution in [-0.4, -0.2) is 70.2 Å². The number of hydrogen-bond donors (Lipinski definition) is 0. The highest BCUT2D eigenvalue weighted by Gasteiger charge is 2.30. The van der Waals surface area contributed by atoms with E-state index in [4.69, 9.17) is 16.0 Å². The van der Waals surface area contributed by atoms with E-state index < -0.39 is 10.0 Å². The largest absolute Gasteiger partial charge is 0.461 e. The van der Waals surface area contributed by atoms with Gasteiger partial charge in [0.05, 0.1) is 16.9 Å². The van der Waals surface area contributed by atoms with Crippen molar-refractivity contribution >= 4 is 39.3 Å². The van der Waals surface area contributed by atoms with Gasteiger partial charge in [0.25, 0.3) is 0 Å². The van der Waals surface area contributed by atoms with Gasteiger partial charge in [-0.3, -0.25) is 9.36 Å². The number of sulfonamides is 1. The lowest BCUT2D eigenvalue weighted by atomic mass is 10.3. The Labute approximate surface area is 195 Å². The first-order valence-electron chi connectivity index (χ1n) is 10.0. The Balaban J connectivity index is 1.34. The van der Waals surface area contributed by atoms with Crippen LogP contribution in [0.1, 0.15) is 6.92 Å². The van der Waals surface area contributed by atoms with Crippen LogP contribution < -0.4 is 0 Å². The highest BCUT2D eigenvalue weighted by atomic mass is 35.5. The molecular weight excluding hydrogens is 474 g/mol. The zero-order valence-electron chi connectivity index (χ0n) is 17.3. The first kappa shape index (κ1) is 22.8. The van der Waals surface area contributed by atoms with E-state index in [0.29, 0.717) is 41.4 Å². The van der Waals surface area contributed by atoms with Crippen molar-refractivity contribution in [2.75, 3.05) is 31.9 Å². The number of hydrogen-bond acceptors (Lipinski definition) is 7. The lowest BCUT2D eigenvalue weighted by Gasteiger charge is -2.34. The zero-order chi connectivity index (χ0) is 22.7. The highest BCUT2D eigenvalue weighted by Crippen LogP contribution is 2.25. The molecule has 1 aliphatic heterocycles. The van der Waals surface area contributed by atoms with Gasteiger partial charge in [0.1, 0.15) is 0 Å². The second-order valence-electron chi connectivity index (χ2n) is 7.06. The molecule has 0 atom stereocenters. The summed E-state index contributed by atoms with van der Waals surface area (Å²) in [6, 6.07) is 9.69. The molecule has 1 fully saturated rings. The molecular formula is C20H22ClN5O4S2. The summed E-state index contributed by atoms with van der Waals surface area (Å²) in [4.78, 5) is 14.6. The van der Waals surface area contributed by atoms with Crippen LogP contribution in [0.2, 0.25) is 5.02 Å². The molecule has 0 spiro atoms. The second kappa shape index (κ2) is 9.65. The van der Waals surface area contributed by atoms with Gasteiger partial charge < -0.3 is 9.32 Å². The minimum Gasteiger partial charge on any atom is -0.461 e. The van der Waals surface area contributed by atoms with Crippen molar-refractivity contribution in [1.29, 1.82) is 0 Å². The van der Waals surface area contributed by atoms with Crippen molar-refractivity contribution in [3.8, 4) is 11.6 Å². The van der Waals surface area contributed by atoms with Gasteiger partial charge in [-0.15, -0.1) is 10.2 Å². The number of benzene rings is 1. The van der Waals surface area contributed by atoms with Crippen LogP contribution in [0.3, 0.4) is 0 Å². The van der Waals surface area contributed by atoms with E-state index in [2.05, 4.69) is 10.2 Å². The van der Waals surface area contributed by atoms with Gasteiger partial charge in [-0.2, -0.15) is 4.31 Å². The summed E-state index contributed by atoms with van der Waals surface area (Å²) in [7, 11) is -3.61. The van der Waals surface area contributed by atoms with Gasteiger partial charge in [0.15, 0.2) is 16.7 Å². The van der Waals surface area contributed by atoms with Crippen molar-refractivity contribution in [1.82, 2.24) is 24.0 Å². The zero-order valence-corrected chi connectivity index (χ0v) is 19.7. The van der Waals surface area contributed by atoms with E-state index in [9.17, 15) is 13.2 Å². The molecule has 9 nitrogen and oxygen atoms in total. The number of carbonyl (C=O) groups is 1. The summed E-state index contributed by atoms with van der Waals surface area (Å²) >= 11 is 7.16. The molecule has 0 bridgehead atoms. The number of halogens is 1. The van der Waals surface area contributed by atoms with Crippen LogP contribution in [0.4, 0.5) is 0 Å². The molecule has 0 aliphatic carbocycles. The third-order valence-electron chi connectivity index (χ3n) is 5.14. The van der Waals surface area contributed by atoms with Crippen molar-refractivity contribution in [3.63, 3.8) is 0 Å². The maximum absolute atomic E-state index is 12.8. The second-order valence-corrected chi connectivity index (χ2v) is 10.4. The smallest absolute Gasteiger partial charge is 0.243 e. The molecule has 32 heavy (non-hydrogen) atoms. The average Bonchev–Trinajstić information content (AvgIpc) is 3.47. The monoisotopic (exact) mass is 495 g/mol. The third-order valence-corrected chi connectivity index (χ3v) is 8.26. The summed E-state index contributed by atoms with van der Waals surface area (Å²) < 4.78 is 34.3. The van der Waals surface area contributed by atoms with E-state index in [0.717, 1.165) is 0 Å². The van der Waals surface area contributed by atoms with E-state index in [1.54, 1.807) is 29.4 Å².